The molecule has 0 bridgehead atoms. The van der Waals surface area contributed by atoms with Gasteiger partial charge in [-0.2, -0.15) is 0 Å². The van der Waals surface area contributed by atoms with Crippen LogP contribution in [0.15, 0.2) is 0 Å². The number of piperidine rings is 1. The van der Waals surface area contributed by atoms with Gasteiger partial charge in [-0.25, -0.2) is 0 Å². The molecule has 13 amide bonds. The minimum absolute atomic E-state index is 0.00774. The zero-order valence-corrected chi connectivity index (χ0v) is 68.7. The molecule has 0 aromatic carbocycles. The quantitative estimate of drug-likeness (QED) is 0.1000. The molecule has 2 aliphatic heterocycles. The van der Waals surface area contributed by atoms with Crippen LogP contribution in [0.2, 0.25) is 0 Å². The average Bonchev–Trinajstić information content (AvgIpc) is 0.817. The lowest BCUT2D eigenvalue weighted by atomic mass is 9.78. The zero-order valence-electron chi connectivity index (χ0n) is 68.7. The summed E-state index contributed by atoms with van der Waals surface area (Å²) >= 11 is 0. The van der Waals surface area contributed by atoms with Gasteiger partial charge in [-0.3, -0.25) is 62.3 Å². The summed E-state index contributed by atoms with van der Waals surface area (Å²) in [5.41, 5.74) is -0.859. The first-order chi connectivity index (χ1) is 50.1. The number of likely N-dealkylation sites (tertiary alicyclic amines) is 1. The van der Waals surface area contributed by atoms with Gasteiger partial charge < -0.3 is 80.4 Å². The number of ether oxygens (including phenoxy) is 2. The molecule has 4 rings (SSSR count). The second-order valence-corrected chi connectivity index (χ2v) is 33.2. The number of aliphatic hydroxyl groups excluding tert-OH is 1. The molecule has 107 heavy (non-hydrogen) atoms. The van der Waals surface area contributed by atoms with Gasteiger partial charge >= 0.3 is 0 Å². The Morgan fingerprint density at radius 3 is 1.58 bits per heavy atom. The summed E-state index contributed by atoms with van der Waals surface area (Å²) in [6.07, 6.45) is 6.43. The van der Waals surface area contributed by atoms with E-state index in [9.17, 15) is 33.9 Å². The molecular weight excluding hydrogens is 1370 g/mol. The van der Waals surface area contributed by atoms with E-state index >= 15 is 33.6 Å². The van der Waals surface area contributed by atoms with E-state index in [1.807, 2.05) is 48.5 Å². The number of carbonyl (C=O) groups is 13. The van der Waals surface area contributed by atoms with Crippen LogP contribution >= 0.6 is 0 Å². The Hall–Kier alpha value is -7.01. The smallest absolute Gasteiger partial charge is 0.248 e. The van der Waals surface area contributed by atoms with E-state index in [4.69, 9.17) is 9.47 Å². The van der Waals surface area contributed by atoms with Crippen molar-refractivity contribution in [2.45, 2.75) is 284 Å². The van der Waals surface area contributed by atoms with Crippen LogP contribution in [0, 0.1) is 41.4 Å². The van der Waals surface area contributed by atoms with Crippen LogP contribution in [-0.2, 0) is 71.8 Å². The van der Waals surface area contributed by atoms with Crippen molar-refractivity contribution in [3.63, 3.8) is 0 Å². The maximum absolute atomic E-state index is 15.8. The molecule has 0 aromatic rings. The lowest BCUT2D eigenvalue weighted by Gasteiger charge is -2.39. The minimum atomic E-state index is -1.70. The van der Waals surface area contributed by atoms with Crippen molar-refractivity contribution in [1.82, 2.24) is 65.8 Å². The van der Waals surface area contributed by atoms with Gasteiger partial charge in [-0.15, -0.1) is 0 Å². The number of aliphatic hydroxyl groups is 1. The molecule has 3 unspecified atom stereocenters. The zero-order chi connectivity index (χ0) is 80.6. The molecule has 2 aliphatic carbocycles. The Bertz CT molecular complexity index is 2990. The Labute approximate surface area is 638 Å². The highest BCUT2D eigenvalue weighted by Crippen LogP contribution is 2.34. The third-order valence-electron chi connectivity index (χ3n) is 22.2. The summed E-state index contributed by atoms with van der Waals surface area (Å²) < 4.78 is 12.1. The lowest BCUT2D eigenvalue weighted by Crippen LogP contribution is -2.62. The molecule has 4 aliphatic rings. The molecule has 610 valence electrons. The van der Waals surface area contributed by atoms with E-state index < -0.39 is 174 Å². The molecule has 0 radical (unpaired) electrons. The topological polar surface area (TPSA) is 347 Å². The van der Waals surface area contributed by atoms with Crippen LogP contribution in [0.3, 0.4) is 0 Å². The molecule has 29 nitrogen and oxygen atoms in total. The predicted molar refractivity (Wildman–Crippen MR) is 407 cm³/mol. The van der Waals surface area contributed by atoms with Crippen molar-refractivity contribution in [3.05, 3.63) is 0 Å². The number of carbonyl (C=O) groups excluding carboxylic acids is 13. The van der Waals surface area contributed by atoms with Crippen molar-refractivity contribution in [2.24, 2.45) is 41.4 Å². The number of hydrogen-bond donors (Lipinski definition) is 6. The Morgan fingerprint density at radius 2 is 1.06 bits per heavy atom. The van der Waals surface area contributed by atoms with Crippen LogP contribution in [0.1, 0.15) is 212 Å². The number of rotatable bonds is 20. The maximum Gasteiger partial charge on any atom is 0.248 e. The highest BCUT2D eigenvalue weighted by molar-refractivity contribution is 6.00. The molecule has 4 fully saturated rings. The largest absolute Gasteiger partial charge is 0.391 e. The first-order valence-corrected chi connectivity index (χ1v) is 39.5. The Balaban J connectivity index is 2.00. The van der Waals surface area contributed by atoms with Crippen molar-refractivity contribution >= 4 is 76.8 Å². The fourth-order valence-corrected chi connectivity index (χ4v) is 15.1. The monoisotopic (exact) mass is 1510 g/mol. The molecular formula is C78H137N13O16. The third-order valence-corrected chi connectivity index (χ3v) is 22.2. The van der Waals surface area contributed by atoms with E-state index in [0.29, 0.717) is 58.0 Å². The second-order valence-electron chi connectivity index (χ2n) is 33.2. The highest BCUT2D eigenvalue weighted by atomic mass is 16.5. The summed E-state index contributed by atoms with van der Waals surface area (Å²) in [7, 11) is 11.6. The van der Waals surface area contributed by atoms with Crippen LogP contribution < -0.4 is 26.6 Å². The van der Waals surface area contributed by atoms with Gasteiger partial charge in [0.15, 0.2) is 0 Å². The number of likely N-dealkylation sites (N-methyl/N-ethyl adjacent to an activating group) is 6. The molecule has 2 saturated carbocycles. The Kier molecular flexibility index (Phi) is 37.5. The van der Waals surface area contributed by atoms with Crippen molar-refractivity contribution in [1.29, 1.82) is 0 Å². The summed E-state index contributed by atoms with van der Waals surface area (Å²) in [6.45, 7) is 22.0. The van der Waals surface area contributed by atoms with Crippen LogP contribution in [0.4, 0.5) is 0 Å². The molecule has 6 N–H and O–H groups in total. The van der Waals surface area contributed by atoms with Crippen molar-refractivity contribution < 1.29 is 76.9 Å². The molecule has 14 atom stereocenters. The molecule has 0 spiro atoms. The summed E-state index contributed by atoms with van der Waals surface area (Å²) in [5, 5.41) is 25.8. The van der Waals surface area contributed by atoms with Gasteiger partial charge in [0.25, 0.3) is 0 Å². The van der Waals surface area contributed by atoms with Gasteiger partial charge in [-0.1, -0.05) is 101 Å². The van der Waals surface area contributed by atoms with Gasteiger partial charge in [0.05, 0.1) is 49.8 Å². The first kappa shape index (κ1) is 92.4. The van der Waals surface area contributed by atoms with Gasteiger partial charge in [0.2, 0.25) is 76.8 Å². The lowest BCUT2D eigenvalue weighted by molar-refractivity contribution is -0.152. The fraction of sp³-hybridized carbons (Fsp3) is 0.833. The standard InChI is InChI=1S/C78H137N13O16/c1-22-50(9)66-76(104)87(18)57(23-2)69(97)83-67(51(10)92)77(105)91(37-34-53-32-33-54(68(96)79-14)62(42-53)106-21)45-65(95)86(17)61(41-52-30-26-24-27-31-52)75(103)89(20)60(40-49(7)8)71(99)81-56(46-107-78(11,12)13)73(101)88(19)59(39-48(5)6)70(98)80-55(74(102)90-35-28-25-29-36-90)43-63(93)84(15)44-64(94)85(16)58(38-47(3)4)72(100)82-66/h47-62,66-67,92H,22-46H2,1-21H3,(H,79,96)(H,80,98)(H,81,99)(H,82,100)(H,83,97)/t50-,51+,53?,54?,55-,56-,57-,58-,59-,60-,61-,62?,66-,67-/m0/s1. The minimum Gasteiger partial charge on any atom is -0.391 e. The van der Waals surface area contributed by atoms with Crippen LogP contribution in [0.25, 0.3) is 0 Å². The van der Waals surface area contributed by atoms with E-state index in [1.165, 1.54) is 85.7 Å². The van der Waals surface area contributed by atoms with Gasteiger partial charge in [0.1, 0.15) is 54.4 Å². The van der Waals surface area contributed by atoms with E-state index in [0.717, 1.165) is 43.4 Å². The van der Waals surface area contributed by atoms with Gasteiger partial charge in [0, 0.05) is 76.1 Å². The summed E-state index contributed by atoms with van der Waals surface area (Å²) in [5.74, 6) is -10.4. The van der Waals surface area contributed by atoms with E-state index in [2.05, 4.69) is 26.6 Å². The molecule has 2 heterocycles. The van der Waals surface area contributed by atoms with Crippen LogP contribution in [-0.4, -0.2) is 289 Å². The molecule has 2 saturated heterocycles. The number of hydrogen-bond acceptors (Lipinski definition) is 16. The SMILES string of the molecule is CC[C@H](C)[C@@H]1NC(=O)[C@H](CC(C)C)N(C)C(=O)CN(C)C(=O)C[C@@H](C(=O)N2CCCCC2)NC(=O)[C@H](CC(C)C)N(C)C(=O)[C@H](COC(C)(C)C)NC(=O)[C@H](CC(C)C)N(C)C(=O)[C@H](CC2CCCCC2)N(C)C(=O)CN(CCC2CCC(C(=O)NC)C(OC)C2)C(=O)[C@H]([C@@H](C)O)NC(=O)[C@H](CC)N(C)C1=O. The highest BCUT2D eigenvalue weighted by Gasteiger charge is 2.45. The average molecular weight is 1510 g/mol. The predicted octanol–water partition coefficient (Wildman–Crippen LogP) is 4.09. The third kappa shape index (κ3) is 27.2. The summed E-state index contributed by atoms with van der Waals surface area (Å²) in [6, 6.07) is -12.2. The maximum atomic E-state index is 15.8. The first-order valence-electron chi connectivity index (χ1n) is 39.5. The summed E-state index contributed by atoms with van der Waals surface area (Å²) in [4.78, 5) is 204. The van der Waals surface area contributed by atoms with E-state index in [1.54, 1.807) is 46.6 Å². The number of nitrogens with zero attached hydrogens (tertiary/aromatic N) is 8. The fourth-order valence-electron chi connectivity index (χ4n) is 15.1. The normalized spacial score (nSPS) is 27.9. The molecule has 0 aromatic heterocycles. The number of methoxy groups -OCH3 is 1. The van der Waals surface area contributed by atoms with E-state index in [-0.39, 0.29) is 80.8 Å². The van der Waals surface area contributed by atoms with Crippen molar-refractivity contribution in [3.8, 4) is 0 Å². The number of nitrogens with one attached hydrogen (secondary N) is 5. The van der Waals surface area contributed by atoms with Crippen LogP contribution in [0.5, 0.6) is 0 Å². The number of amides is 13. The molecule has 29 heteroatoms. The van der Waals surface area contributed by atoms with Gasteiger partial charge in [-0.05, 0) is 140 Å². The van der Waals surface area contributed by atoms with Crippen molar-refractivity contribution in [2.75, 3.05) is 95.8 Å². The Morgan fingerprint density at radius 1 is 0.561 bits per heavy atom. The second kappa shape index (κ2) is 43.4.